The van der Waals surface area contributed by atoms with E-state index in [-0.39, 0.29) is 6.54 Å². The quantitative estimate of drug-likeness (QED) is 0.289. The van der Waals surface area contributed by atoms with Crippen molar-refractivity contribution in [1.29, 1.82) is 0 Å². The van der Waals surface area contributed by atoms with Gasteiger partial charge in [-0.05, 0) is 66.4 Å². The van der Waals surface area contributed by atoms with E-state index in [2.05, 4.69) is 5.32 Å². The molecule has 8 nitrogen and oxygen atoms in total. The first-order valence-corrected chi connectivity index (χ1v) is 12.5. The molecule has 1 aliphatic heterocycles. The number of aliphatic hydroxyl groups is 3. The highest BCUT2D eigenvalue weighted by Crippen LogP contribution is 2.35. The van der Waals surface area contributed by atoms with Gasteiger partial charge in [-0.2, -0.15) is 0 Å². The number of aliphatic hydroxyl groups excluding tert-OH is 3. The molecule has 196 valence electrons. The van der Waals surface area contributed by atoms with Crippen molar-refractivity contribution in [2.75, 3.05) is 18.5 Å². The predicted molar refractivity (Wildman–Crippen MR) is 141 cm³/mol. The van der Waals surface area contributed by atoms with E-state index >= 15 is 0 Å². The van der Waals surface area contributed by atoms with Crippen molar-refractivity contribution in [3.05, 3.63) is 94.0 Å². The Hall–Kier alpha value is -3.14. The molecule has 0 bridgehead atoms. The minimum atomic E-state index is -1.42. The molecule has 9 heteroatoms. The van der Waals surface area contributed by atoms with E-state index in [9.17, 15) is 20.1 Å². The summed E-state index contributed by atoms with van der Waals surface area (Å²) in [6, 6.07) is 19.7. The monoisotopic (exact) mass is 526 g/mol. The van der Waals surface area contributed by atoms with Crippen LogP contribution in [0.15, 0.2) is 66.7 Å². The summed E-state index contributed by atoms with van der Waals surface area (Å²) < 4.78 is 11.6. The van der Waals surface area contributed by atoms with Crippen LogP contribution in [0.5, 0.6) is 5.75 Å². The molecule has 5 atom stereocenters. The molecule has 3 aromatic carbocycles. The Labute approximate surface area is 220 Å². The first-order chi connectivity index (χ1) is 17.8. The van der Waals surface area contributed by atoms with Crippen LogP contribution in [0.1, 0.15) is 40.1 Å². The van der Waals surface area contributed by atoms with E-state index in [4.69, 9.17) is 26.8 Å². The molecular formula is C28H31ClN2O6. The second-order valence-electron chi connectivity index (χ2n) is 9.00. The predicted octanol–water partition coefficient (Wildman–Crippen LogP) is 3.06. The zero-order valence-corrected chi connectivity index (χ0v) is 21.1. The number of primary amides is 1. The lowest BCUT2D eigenvalue weighted by atomic mass is 9.90. The van der Waals surface area contributed by atoms with E-state index in [0.717, 1.165) is 16.9 Å². The van der Waals surface area contributed by atoms with Gasteiger partial charge in [0, 0.05) is 22.8 Å². The lowest BCUT2D eigenvalue weighted by Gasteiger charge is -2.41. The van der Waals surface area contributed by atoms with Crippen LogP contribution in [0.25, 0.3) is 0 Å². The maximum atomic E-state index is 11.5. The molecule has 1 amide bonds. The summed E-state index contributed by atoms with van der Waals surface area (Å²) in [5.74, 6) is 0.235. The van der Waals surface area contributed by atoms with Gasteiger partial charge in [0.25, 0.3) is 0 Å². The van der Waals surface area contributed by atoms with Crippen molar-refractivity contribution in [3.63, 3.8) is 0 Å². The van der Waals surface area contributed by atoms with E-state index in [0.29, 0.717) is 34.9 Å². The lowest BCUT2D eigenvalue weighted by Crippen LogP contribution is -2.56. The zero-order valence-electron chi connectivity index (χ0n) is 20.4. The molecule has 1 heterocycles. The standard InChI is InChI=1S/C28H31ClN2O6/c1-2-36-21-9-6-16(7-10-21)12-19-13-17(8-11-22(19)29)27-26(34)25(33)24(32)23(37-27)15-31-20-5-3-4-18(14-20)28(30)35/h3-11,13-14,23-27,31-34H,2,12,15H2,1H3,(H2,30,35)/t23-,24+,25-,26-,27+/m1/s1. The van der Waals surface area contributed by atoms with Gasteiger partial charge in [0.2, 0.25) is 5.91 Å². The molecule has 1 fully saturated rings. The molecule has 0 aromatic heterocycles. The first-order valence-electron chi connectivity index (χ1n) is 12.1. The van der Waals surface area contributed by atoms with Gasteiger partial charge in [0.1, 0.15) is 36.3 Å². The highest BCUT2D eigenvalue weighted by molar-refractivity contribution is 6.31. The van der Waals surface area contributed by atoms with E-state index in [1.165, 1.54) is 0 Å². The third-order valence-electron chi connectivity index (χ3n) is 6.39. The minimum absolute atomic E-state index is 0.121. The van der Waals surface area contributed by atoms with Gasteiger partial charge in [0.05, 0.1) is 6.61 Å². The van der Waals surface area contributed by atoms with Crippen molar-refractivity contribution < 1.29 is 29.6 Å². The number of hydrogen-bond donors (Lipinski definition) is 5. The molecular weight excluding hydrogens is 496 g/mol. The average Bonchev–Trinajstić information content (AvgIpc) is 2.90. The Kier molecular flexibility index (Phi) is 8.68. The lowest BCUT2D eigenvalue weighted by molar-refractivity contribution is -0.220. The number of benzene rings is 3. The van der Waals surface area contributed by atoms with Gasteiger partial charge in [-0.15, -0.1) is 0 Å². The minimum Gasteiger partial charge on any atom is -0.494 e. The molecule has 3 aromatic rings. The van der Waals surface area contributed by atoms with Crippen LogP contribution in [-0.4, -0.2) is 58.8 Å². The smallest absolute Gasteiger partial charge is 0.248 e. The van der Waals surface area contributed by atoms with Crippen molar-refractivity contribution in [3.8, 4) is 5.75 Å². The van der Waals surface area contributed by atoms with E-state index < -0.39 is 36.4 Å². The van der Waals surface area contributed by atoms with Crippen molar-refractivity contribution in [2.24, 2.45) is 5.73 Å². The Morgan fingerprint density at radius 3 is 2.49 bits per heavy atom. The van der Waals surface area contributed by atoms with Gasteiger partial charge in [0.15, 0.2) is 0 Å². The molecule has 1 saturated heterocycles. The number of halogens is 1. The van der Waals surface area contributed by atoms with Gasteiger partial charge < -0.3 is 35.8 Å². The zero-order chi connectivity index (χ0) is 26.5. The van der Waals surface area contributed by atoms with Crippen LogP contribution >= 0.6 is 11.6 Å². The molecule has 0 radical (unpaired) electrons. The molecule has 6 N–H and O–H groups in total. The van der Waals surface area contributed by atoms with Crippen LogP contribution in [0.4, 0.5) is 5.69 Å². The Balaban J connectivity index is 1.50. The number of carbonyl (C=O) groups excluding carboxylic acids is 1. The Bertz CT molecular complexity index is 1220. The summed E-state index contributed by atoms with van der Waals surface area (Å²) in [5.41, 5.74) is 8.78. The van der Waals surface area contributed by atoms with Gasteiger partial charge in [-0.3, -0.25) is 4.79 Å². The highest BCUT2D eigenvalue weighted by atomic mass is 35.5. The third-order valence-corrected chi connectivity index (χ3v) is 6.76. The Morgan fingerprint density at radius 2 is 1.78 bits per heavy atom. The topological polar surface area (TPSA) is 134 Å². The number of anilines is 1. The second-order valence-corrected chi connectivity index (χ2v) is 9.40. The van der Waals surface area contributed by atoms with Crippen molar-refractivity contribution in [1.82, 2.24) is 0 Å². The van der Waals surface area contributed by atoms with Gasteiger partial charge >= 0.3 is 0 Å². The summed E-state index contributed by atoms with van der Waals surface area (Å²) in [6.45, 7) is 2.64. The third kappa shape index (κ3) is 6.41. The fourth-order valence-corrected chi connectivity index (χ4v) is 4.58. The van der Waals surface area contributed by atoms with Gasteiger partial charge in [-0.25, -0.2) is 0 Å². The number of ether oxygens (including phenoxy) is 2. The second kappa shape index (κ2) is 11.9. The van der Waals surface area contributed by atoms with Crippen molar-refractivity contribution in [2.45, 2.75) is 43.9 Å². The molecule has 1 aliphatic rings. The number of rotatable bonds is 9. The van der Waals surface area contributed by atoms with Crippen LogP contribution < -0.4 is 15.8 Å². The summed E-state index contributed by atoms with van der Waals surface area (Å²) in [5, 5.41) is 35.6. The fourth-order valence-electron chi connectivity index (χ4n) is 4.39. The molecule has 0 unspecified atom stereocenters. The average molecular weight is 527 g/mol. The number of nitrogens with two attached hydrogens (primary N) is 1. The number of carbonyl (C=O) groups is 1. The normalized spacial score (nSPS) is 23.4. The van der Waals surface area contributed by atoms with Crippen LogP contribution in [0.3, 0.4) is 0 Å². The molecule has 0 spiro atoms. The summed E-state index contributed by atoms with van der Waals surface area (Å²) >= 11 is 6.48. The molecule has 0 aliphatic carbocycles. The van der Waals surface area contributed by atoms with E-state index in [1.54, 1.807) is 36.4 Å². The number of hydrogen-bond acceptors (Lipinski definition) is 7. The maximum Gasteiger partial charge on any atom is 0.248 e. The van der Waals surface area contributed by atoms with Crippen LogP contribution in [-0.2, 0) is 11.2 Å². The van der Waals surface area contributed by atoms with Crippen LogP contribution in [0.2, 0.25) is 5.02 Å². The fraction of sp³-hybridized carbons (Fsp3) is 0.321. The summed E-state index contributed by atoms with van der Waals surface area (Å²) in [6.07, 6.45) is -5.27. The van der Waals surface area contributed by atoms with Crippen LogP contribution in [0, 0.1) is 0 Å². The highest BCUT2D eigenvalue weighted by Gasteiger charge is 2.44. The molecule has 37 heavy (non-hydrogen) atoms. The summed E-state index contributed by atoms with van der Waals surface area (Å²) in [4.78, 5) is 11.5. The molecule has 0 saturated carbocycles. The van der Waals surface area contributed by atoms with Crippen molar-refractivity contribution >= 4 is 23.2 Å². The summed E-state index contributed by atoms with van der Waals surface area (Å²) in [7, 11) is 0. The Morgan fingerprint density at radius 1 is 1.03 bits per heavy atom. The van der Waals surface area contributed by atoms with Gasteiger partial charge in [-0.1, -0.05) is 41.9 Å². The first kappa shape index (κ1) is 26.9. The number of nitrogens with one attached hydrogen (secondary N) is 1. The molecule has 4 rings (SSSR count). The van der Waals surface area contributed by atoms with E-state index in [1.807, 2.05) is 37.3 Å². The number of amides is 1. The largest absolute Gasteiger partial charge is 0.494 e. The maximum absolute atomic E-state index is 11.5. The SMILES string of the molecule is CCOc1ccc(Cc2cc([C@@H]3O[C@H](CNc4cccc(C(N)=O)c4)[C@H](O)[C@@H](O)[C@H]3O)ccc2Cl)cc1.